The Labute approximate surface area is 118 Å². The monoisotopic (exact) mass is 293 g/mol. The van der Waals surface area contributed by atoms with Gasteiger partial charge >= 0.3 is 0 Å². The van der Waals surface area contributed by atoms with Crippen LogP contribution in [0.3, 0.4) is 0 Å². The molecule has 0 radical (unpaired) electrons. The van der Waals surface area contributed by atoms with Gasteiger partial charge in [-0.3, -0.25) is 4.79 Å². The fraction of sp³-hybridized carbons (Fsp3) is 0.133. The van der Waals surface area contributed by atoms with Crippen molar-refractivity contribution >= 4 is 11.6 Å². The topological polar surface area (TPSA) is 29.5 Å². The van der Waals surface area contributed by atoms with E-state index in [0.717, 1.165) is 12.1 Å². The SMILES string of the molecule is O=C(c1ccc(F)c(F)c1F)N1CCOc2ccccc21. The Morgan fingerprint density at radius 3 is 2.62 bits per heavy atom. The molecule has 108 valence electrons. The second kappa shape index (κ2) is 5.12. The summed E-state index contributed by atoms with van der Waals surface area (Å²) in [4.78, 5) is 13.7. The zero-order valence-electron chi connectivity index (χ0n) is 10.8. The Kier molecular flexibility index (Phi) is 3.29. The van der Waals surface area contributed by atoms with Gasteiger partial charge in [-0.2, -0.15) is 0 Å². The lowest BCUT2D eigenvalue weighted by Crippen LogP contribution is -2.38. The van der Waals surface area contributed by atoms with Crippen LogP contribution < -0.4 is 9.64 Å². The van der Waals surface area contributed by atoms with E-state index in [1.54, 1.807) is 24.3 Å². The Morgan fingerprint density at radius 2 is 1.81 bits per heavy atom. The Balaban J connectivity index is 2.03. The van der Waals surface area contributed by atoms with E-state index in [9.17, 15) is 18.0 Å². The molecule has 1 heterocycles. The highest BCUT2D eigenvalue weighted by Gasteiger charge is 2.28. The van der Waals surface area contributed by atoms with E-state index in [4.69, 9.17) is 4.74 Å². The van der Waals surface area contributed by atoms with Gasteiger partial charge in [0.1, 0.15) is 12.4 Å². The minimum absolute atomic E-state index is 0.203. The zero-order chi connectivity index (χ0) is 15.0. The molecule has 0 unspecified atom stereocenters. The molecule has 0 fully saturated rings. The first-order valence-electron chi connectivity index (χ1n) is 6.27. The van der Waals surface area contributed by atoms with Gasteiger partial charge in [0, 0.05) is 0 Å². The number of rotatable bonds is 1. The van der Waals surface area contributed by atoms with E-state index in [-0.39, 0.29) is 13.2 Å². The molecule has 6 heteroatoms. The fourth-order valence-corrected chi connectivity index (χ4v) is 2.22. The van der Waals surface area contributed by atoms with Gasteiger partial charge < -0.3 is 9.64 Å². The molecule has 3 rings (SSSR count). The molecular formula is C15H10F3NO2. The van der Waals surface area contributed by atoms with Crippen LogP contribution in [0.2, 0.25) is 0 Å². The predicted molar refractivity (Wildman–Crippen MR) is 69.9 cm³/mol. The van der Waals surface area contributed by atoms with Gasteiger partial charge in [-0.15, -0.1) is 0 Å². The van der Waals surface area contributed by atoms with Gasteiger partial charge in [0.15, 0.2) is 17.5 Å². The van der Waals surface area contributed by atoms with Crippen LogP contribution in [0.15, 0.2) is 36.4 Å². The molecule has 1 aliphatic rings. The van der Waals surface area contributed by atoms with Crippen molar-refractivity contribution in [3.8, 4) is 5.75 Å². The Hall–Kier alpha value is -2.50. The first-order valence-corrected chi connectivity index (χ1v) is 6.27. The standard InChI is InChI=1S/C15H10F3NO2/c16-10-6-5-9(13(17)14(10)18)15(20)19-7-8-21-12-4-2-1-3-11(12)19/h1-6H,7-8H2. The van der Waals surface area contributed by atoms with Gasteiger partial charge in [-0.25, -0.2) is 13.2 Å². The largest absolute Gasteiger partial charge is 0.490 e. The average Bonchev–Trinajstić information content (AvgIpc) is 2.51. The van der Waals surface area contributed by atoms with Crippen molar-refractivity contribution in [2.45, 2.75) is 0 Å². The van der Waals surface area contributed by atoms with Crippen LogP contribution in [0.5, 0.6) is 5.75 Å². The van der Waals surface area contributed by atoms with Crippen LogP contribution in [0.4, 0.5) is 18.9 Å². The molecular weight excluding hydrogens is 283 g/mol. The normalized spacial score (nSPS) is 13.6. The third kappa shape index (κ3) is 2.22. The number of anilines is 1. The molecule has 2 aromatic rings. The average molecular weight is 293 g/mol. The van der Waals surface area contributed by atoms with Crippen molar-refractivity contribution in [1.29, 1.82) is 0 Å². The maximum Gasteiger partial charge on any atom is 0.261 e. The van der Waals surface area contributed by atoms with Crippen LogP contribution in [-0.2, 0) is 0 Å². The summed E-state index contributed by atoms with van der Waals surface area (Å²) in [5, 5.41) is 0. The molecule has 2 aromatic carbocycles. The molecule has 3 nitrogen and oxygen atoms in total. The van der Waals surface area contributed by atoms with Crippen molar-refractivity contribution in [2.75, 3.05) is 18.1 Å². The van der Waals surface area contributed by atoms with E-state index in [2.05, 4.69) is 0 Å². The lowest BCUT2D eigenvalue weighted by molar-refractivity contribution is 0.0971. The van der Waals surface area contributed by atoms with Crippen LogP contribution in [-0.4, -0.2) is 19.1 Å². The maximum atomic E-state index is 13.8. The van der Waals surface area contributed by atoms with Crippen LogP contribution >= 0.6 is 0 Å². The van der Waals surface area contributed by atoms with E-state index >= 15 is 0 Å². The summed E-state index contributed by atoms with van der Waals surface area (Å²) in [6, 6.07) is 8.44. The van der Waals surface area contributed by atoms with Gasteiger partial charge in [-0.1, -0.05) is 12.1 Å². The number of para-hydroxylation sites is 2. The number of ether oxygens (including phenoxy) is 1. The van der Waals surface area contributed by atoms with Gasteiger partial charge in [0.25, 0.3) is 5.91 Å². The number of amides is 1. The first-order chi connectivity index (χ1) is 10.1. The number of nitrogens with zero attached hydrogens (tertiary/aromatic N) is 1. The van der Waals surface area contributed by atoms with E-state index in [1.807, 2.05) is 0 Å². The quantitative estimate of drug-likeness (QED) is 0.756. The second-order valence-corrected chi connectivity index (χ2v) is 4.50. The summed E-state index contributed by atoms with van der Waals surface area (Å²) in [6.45, 7) is 0.447. The molecule has 0 bridgehead atoms. The molecule has 0 saturated carbocycles. The molecule has 0 aromatic heterocycles. The number of carbonyl (C=O) groups excluding carboxylic acids is 1. The third-order valence-electron chi connectivity index (χ3n) is 3.24. The number of benzene rings is 2. The van der Waals surface area contributed by atoms with Crippen molar-refractivity contribution in [1.82, 2.24) is 0 Å². The predicted octanol–water partition coefficient (Wildman–Crippen LogP) is 3.14. The number of halogens is 3. The molecule has 0 aliphatic carbocycles. The summed E-state index contributed by atoms with van der Waals surface area (Å²) in [7, 11) is 0. The lowest BCUT2D eigenvalue weighted by Gasteiger charge is -2.29. The number of hydrogen-bond acceptors (Lipinski definition) is 2. The minimum Gasteiger partial charge on any atom is -0.490 e. The van der Waals surface area contributed by atoms with Gasteiger partial charge in [0.2, 0.25) is 0 Å². The number of hydrogen-bond donors (Lipinski definition) is 0. The van der Waals surface area contributed by atoms with Gasteiger partial charge in [0.05, 0.1) is 17.8 Å². The molecule has 21 heavy (non-hydrogen) atoms. The van der Waals surface area contributed by atoms with Crippen molar-refractivity contribution in [2.24, 2.45) is 0 Å². The zero-order valence-corrected chi connectivity index (χ0v) is 10.8. The molecule has 0 atom stereocenters. The molecule has 1 aliphatic heterocycles. The third-order valence-corrected chi connectivity index (χ3v) is 3.24. The summed E-state index contributed by atoms with van der Waals surface area (Å²) in [5.74, 6) is -4.71. The molecule has 0 saturated heterocycles. The van der Waals surface area contributed by atoms with Crippen LogP contribution in [0, 0.1) is 17.5 Å². The Morgan fingerprint density at radius 1 is 1.05 bits per heavy atom. The molecule has 0 spiro atoms. The van der Waals surface area contributed by atoms with Gasteiger partial charge in [-0.05, 0) is 24.3 Å². The smallest absolute Gasteiger partial charge is 0.261 e. The van der Waals surface area contributed by atoms with E-state index in [1.165, 1.54) is 4.90 Å². The first kappa shape index (κ1) is 13.5. The molecule has 1 amide bonds. The fourth-order valence-electron chi connectivity index (χ4n) is 2.22. The van der Waals surface area contributed by atoms with E-state index < -0.39 is 28.9 Å². The summed E-state index contributed by atoms with van der Waals surface area (Å²) in [5.41, 5.74) is -0.0384. The highest BCUT2D eigenvalue weighted by atomic mass is 19.2. The van der Waals surface area contributed by atoms with Crippen molar-refractivity contribution in [3.63, 3.8) is 0 Å². The van der Waals surface area contributed by atoms with Crippen LogP contribution in [0.25, 0.3) is 0 Å². The highest BCUT2D eigenvalue weighted by molar-refractivity contribution is 6.07. The van der Waals surface area contributed by atoms with Crippen LogP contribution in [0.1, 0.15) is 10.4 Å². The maximum absolute atomic E-state index is 13.8. The number of fused-ring (bicyclic) bond motifs is 1. The van der Waals surface area contributed by atoms with Crippen molar-refractivity contribution < 1.29 is 22.7 Å². The minimum atomic E-state index is -1.65. The summed E-state index contributed by atoms with van der Waals surface area (Å²) in [6.07, 6.45) is 0. The second-order valence-electron chi connectivity index (χ2n) is 4.50. The Bertz CT molecular complexity index is 718. The van der Waals surface area contributed by atoms with Crippen molar-refractivity contribution in [3.05, 3.63) is 59.4 Å². The molecule has 0 N–H and O–H groups in total. The summed E-state index contributed by atoms with van der Waals surface area (Å²) < 4.78 is 45.4. The van der Waals surface area contributed by atoms with E-state index in [0.29, 0.717) is 11.4 Å². The number of carbonyl (C=O) groups is 1. The highest BCUT2D eigenvalue weighted by Crippen LogP contribution is 2.32. The summed E-state index contributed by atoms with van der Waals surface area (Å²) >= 11 is 0. The lowest BCUT2D eigenvalue weighted by atomic mass is 10.1.